The summed E-state index contributed by atoms with van der Waals surface area (Å²) in [5.41, 5.74) is 2.83. The summed E-state index contributed by atoms with van der Waals surface area (Å²) in [7, 11) is 0. The zero-order chi connectivity index (χ0) is 38.1. The Morgan fingerprint density at radius 2 is 1.09 bits per heavy atom. The molecule has 0 amide bonds. The van der Waals surface area contributed by atoms with Crippen LogP contribution in [0.5, 0.6) is 11.5 Å². The highest BCUT2D eigenvalue weighted by Crippen LogP contribution is 2.56. The predicted octanol–water partition coefficient (Wildman–Crippen LogP) is 10.8. The van der Waals surface area contributed by atoms with Gasteiger partial charge in [0.25, 0.3) is 0 Å². The van der Waals surface area contributed by atoms with Crippen molar-refractivity contribution >= 4 is 71.7 Å². The average molecular weight is 715 g/mol. The molecule has 0 saturated carbocycles. The molecule has 6 aromatic rings. The molecule has 0 aliphatic heterocycles. The van der Waals surface area contributed by atoms with Crippen LogP contribution in [0.25, 0.3) is 48.7 Å². The fraction of sp³-hybridized carbons (Fsp3) is 0.277. The maximum absolute atomic E-state index is 15.0. The van der Waals surface area contributed by atoms with Gasteiger partial charge in [-0.15, -0.1) is 0 Å². The second-order valence-corrected chi connectivity index (χ2v) is 14.3. The molecule has 7 nitrogen and oxygen atoms in total. The van der Waals surface area contributed by atoms with Gasteiger partial charge in [-0.05, 0) is 88.1 Å². The molecule has 0 bridgehead atoms. The summed E-state index contributed by atoms with van der Waals surface area (Å²) in [5.74, 6) is 0.803. The average Bonchev–Trinajstić information content (AvgIpc) is 3.18. The standard InChI is InChI=1S/C47H46N4O3/c1-5-17-50(18-6-2)38-25-40(52)43(36-23-31-15-11-9-13-29(31)21-34(36)38)45-42(33(27-48)28-49)46(47(45)54)44-37-24-32-16-12-10-14-30(32)22-35(37)39(26-41(44)53)51(19-7-3)20-8-4/h9-16,21-26,45,48,52-53H,5-8,17-20H2,1-4H3. The summed E-state index contributed by atoms with van der Waals surface area (Å²) >= 11 is 0. The normalized spacial score (nSPS) is 14.1. The molecule has 3 N–H and O–H groups in total. The minimum absolute atomic E-state index is 0.0487. The molecule has 54 heavy (non-hydrogen) atoms. The first-order valence-corrected chi connectivity index (χ1v) is 19.2. The number of hydrogen-bond donors (Lipinski definition) is 3. The summed E-state index contributed by atoms with van der Waals surface area (Å²) in [6.07, 6.45) is 3.68. The molecular formula is C47H46N4O3. The summed E-state index contributed by atoms with van der Waals surface area (Å²) in [6.45, 7) is 11.7. The second-order valence-electron chi connectivity index (χ2n) is 14.3. The number of phenols is 2. The van der Waals surface area contributed by atoms with Crippen LogP contribution in [0.1, 0.15) is 70.4 Å². The fourth-order valence-corrected chi connectivity index (χ4v) is 8.48. The Labute approximate surface area is 316 Å². The van der Waals surface area contributed by atoms with Gasteiger partial charge in [0.05, 0.1) is 5.92 Å². The van der Waals surface area contributed by atoms with Gasteiger partial charge in [-0.25, -0.2) is 0 Å². The third kappa shape index (κ3) is 6.03. The molecule has 272 valence electrons. The topological polar surface area (TPSA) is 112 Å². The Bertz CT molecular complexity index is 2580. The number of nitriles is 1. The molecule has 7 heteroatoms. The number of carbonyl (C=O) groups is 1. The molecule has 0 fully saturated rings. The lowest BCUT2D eigenvalue weighted by Crippen LogP contribution is -2.31. The van der Waals surface area contributed by atoms with E-state index in [2.05, 4.69) is 73.7 Å². The van der Waals surface area contributed by atoms with Gasteiger partial charge in [0, 0.05) is 82.7 Å². The number of allylic oxidation sites excluding steroid dienone is 3. The Morgan fingerprint density at radius 1 is 0.667 bits per heavy atom. The van der Waals surface area contributed by atoms with Crippen molar-refractivity contribution in [1.29, 1.82) is 10.7 Å². The van der Waals surface area contributed by atoms with Gasteiger partial charge >= 0.3 is 0 Å². The van der Waals surface area contributed by atoms with Crippen molar-refractivity contribution in [1.82, 2.24) is 0 Å². The van der Waals surface area contributed by atoms with Crippen LogP contribution in [-0.2, 0) is 4.79 Å². The largest absolute Gasteiger partial charge is 0.508 e. The minimum Gasteiger partial charge on any atom is -0.508 e. The molecule has 1 unspecified atom stereocenters. The van der Waals surface area contributed by atoms with E-state index in [0.717, 1.165) is 95.6 Å². The fourth-order valence-electron chi connectivity index (χ4n) is 8.48. The van der Waals surface area contributed by atoms with E-state index in [1.54, 1.807) is 12.1 Å². The second kappa shape index (κ2) is 15.1. The van der Waals surface area contributed by atoms with Crippen LogP contribution >= 0.6 is 0 Å². The number of aromatic hydroxyl groups is 2. The molecular weight excluding hydrogens is 669 g/mol. The van der Waals surface area contributed by atoms with Gasteiger partial charge in [0.15, 0.2) is 5.78 Å². The molecule has 0 radical (unpaired) electrons. The molecule has 0 aromatic heterocycles. The Morgan fingerprint density at radius 3 is 1.54 bits per heavy atom. The summed E-state index contributed by atoms with van der Waals surface area (Å²) in [4.78, 5) is 19.5. The molecule has 0 spiro atoms. The van der Waals surface area contributed by atoms with Crippen molar-refractivity contribution in [3.05, 3.63) is 107 Å². The lowest BCUT2D eigenvalue weighted by atomic mass is 9.65. The van der Waals surface area contributed by atoms with E-state index in [0.29, 0.717) is 21.9 Å². The van der Waals surface area contributed by atoms with E-state index in [1.165, 1.54) is 0 Å². The number of hydrogen-bond acceptors (Lipinski definition) is 7. The molecule has 1 aliphatic rings. The summed E-state index contributed by atoms with van der Waals surface area (Å²) < 4.78 is 0. The first-order chi connectivity index (χ1) is 26.3. The number of rotatable bonds is 13. The van der Waals surface area contributed by atoms with Gasteiger partial charge in [0.2, 0.25) is 0 Å². The van der Waals surface area contributed by atoms with Gasteiger partial charge < -0.3 is 20.0 Å². The van der Waals surface area contributed by atoms with Crippen LogP contribution < -0.4 is 9.80 Å². The number of ketones is 1. The SMILES string of the molecule is CCCN(CCC)c1cc(O)c(C2=C(C(=C=N)C#N)C(c3c(O)cc(N(CCC)CCC)c4cc5ccccc5cc34)C2=O)c2cc3ccccc3cc12. The monoisotopic (exact) mass is 714 g/mol. The minimum atomic E-state index is -1.05. The van der Waals surface area contributed by atoms with Crippen molar-refractivity contribution in [3.63, 3.8) is 0 Å². The Kier molecular flexibility index (Phi) is 10.1. The van der Waals surface area contributed by atoms with Crippen molar-refractivity contribution in [2.45, 2.75) is 59.3 Å². The Balaban J connectivity index is 1.55. The maximum atomic E-state index is 15.0. The number of carbonyl (C=O) groups excluding carboxylic acids is 1. The molecule has 1 aliphatic carbocycles. The van der Waals surface area contributed by atoms with Gasteiger partial charge in [-0.3, -0.25) is 10.2 Å². The first-order valence-electron chi connectivity index (χ1n) is 19.2. The molecule has 0 heterocycles. The smallest absolute Gasteiger partial charge is 0.176 e. The lowest BCUT2D eigenvalue weighted by Gasteiger charge is -2.35. The van der Waals surface area contributed by atoms with Crippen LogP contribution in [-0.4, -0.2) is 48.0 Å². The number of nitrogens with zero attached hydrogens (tertiary/aromatic N) is 3. The molecule has 6 aromatic carbocycles. The lowest BCUT2D eigenvalue weighted by molar-refractivity contribution is -0.115. The van der Waals surface area contributed by atoms with Crippen LogP contribution in [0, 0.1) is 16.7 Å². The van der Waals surface area contributed by atoms with Crippen molar-refractivity contribution in [2.75, 3.05) is 36.0 Å². The molecule has 0 saturated heterocycles. The van der Waals surface area contributed by atoms with Gasteiger partial charge in [-0.2, -0.15) is 5.26 Å². The van der Waals surface area contributed by atoms with E-state index in [1.807, 2.05) is 48.5 Å². The maximum Gasteiger partial charge on any atom is 0.176 e. The zero-order valence-corrected chi connectivity index (χ0v) is 31.5. The third-order valence-corrected chi connectivity index (χ3v) is 10.7. The third-order valence-electron chi connectivity index (χ3n) is 10.7. The quantitative estimate of drug-likeness (QED) is 0.0624. The zero-order valence-electron chi connectivity index (χ0n) is 31.5. The number of nitrogens with one attached hydrogen (secondary N) is 1. The molecule has 1 atom stereocenters. The summed E-state index contributed by atoms with van der Waals surface area (Å²) in [5, 5.41) is 49.9. The van der Waals surface area contributed by atoms with E-state index < -0.39 is 5.92 Å². The number of anilines is 2. The van der Waals surface area contributed by atoms with Crippen LogP contribution in [0.2, 0.25) is 0 Å². The highest BCUT2D eigenvalue weighted by molar-refractivity contribution is 6.38. The van der Waals surface area contributed by atoms with Crippen molar-refractivity contribution in [2.24, 2.45) is 0 Å². The molecule has 7 rings (SSSR count). The van der Waals surface area contributed by atoms with Crippen LogP contribution in [0.3, 0.4) is 0 Å². The summed E-state index contributed by atoms with van der Waals surface area (Å²) in [6, 6.07) is 29.9. The van der Waals surface area contributed by atoms with Crippen molar-refractivity contribution in [3.8, 4) is 17.6 Å². The van der Waals surface area contributed by atoms with Crippen LogP contribution in [0.15, 0.2) is 96.1 Å². The number of benzene rings is 6. The number of phenolic OH excluding ortho intramolecular Hbond substituents is 2. The predicted molar refractivity (Wildman–Crippen MR) is 223 cm³/mol. The van der Waals surface area contributed by atoms with E-state index in [-0.39, 0.29) is 34.0 Å². The van der Waals surface area contributed by atoms with Gasteiger partial charge in [0.1, 0.15) is 23.1 Å². The van der Waals surface area contributed by atoms with Gasteiger partial charge in [-0.1, -0.05) is 76.2 Å². The van der Waals surface area contributed by atoms with Crippen LogP contribution in [0.4, 0.5) is 11.4 Å². The highest BCUT2D eigenvalue weighted by Gasteiger charge is 2.46. The van der Waals surface area contributed by atoms with E-state index in [9.17, 15) is 20.3 Å². The van der Waals surface area contributed by atoms with E-state index >= 15 is 0 Å². The van der Waals surface area contributed by atoms with Crippen molar-refractivity contribution < 1.29 is 15.0 Å². The van der Waals surface area contributed by atoms with E-state index in [4.69, 9.17) is 5.41 Å². The number of fused-ring (bicyclic) bond motifs is 4. The number of Topliss-reactive ketones (excluding diaryl/α,β-unsaturated/α-hetero) is 1. The highest BCUT2D eigenvalue weighted by atomic mass is 16.3. The first kappa shape index (κ1) is 36.3. The Hall–Kier alpha value is -6.09.